The third-order valence-corrected chi connectivity index (χ3v) is 6.43. The van der Waals surface area contributed by atoms with Gasteiger partial charge in [0.15, 0.2) is 11.5 Å². The highest BCUT2D eigenvalue weighted by Crippen LogP contribution is 2.38. The quantitative estimate of drug-likeness (QED) is 0.803. The number of amides is 1. The Balaban J connectivity index is 2.16. The molecule has 148 valence electrons. The summed E-state index contributed by atoms with van der Waals surface area (Å²) in [7, 11) is -2.52. The van der Waals surface area contributed by atoms with E-state index in [1.54, 1.807) is 42.6 Å². The summed E-state index contributed by atoms with van der Waals surface area (Å²) in [6, 6.07) is 11.6. The van der Waals surface area contributed by atoms with Crippen molar-refractivity contribution in [1.82, 2.24) is 9.29 Å². The van der Waals surface area contributed by atoms with Crippen LogP contribution in [0.5, 0.6) is 0 Å². The molecule has 28 heavy (non-hydrogen) atoms. The van der Waals surface area contributed by atoms with E-state index < -0.39 is 15.9 Å². The van der Waals surface area contributed by atoms with Gasteiger partial charge in [-0.1, -0.05) is 32.0 Å². The van der Waals surface area contributed by atoms with Crippen LogP contribution in [0.25, 0.3) is 5.76 Å². The molecular weight excluding hydrogens is 378 g/mol. The first-order valence-corrected chi connectivity index (χ1v) is 10.6. The van der Waals surface area contributed by atoms with Crippen LogP contribution < -0.4 is 5.32 Å². The third kappa shape index (κ3) is 3.60. The van der Waals surface area contributed by atoms with Gasteiger partial charge in [-0.2, -0.15) is 0 Å². The number of likely N-dealkylation sites (N-methyl/N-ethyl adjacent to an activating group) is 1. The van der Waals surface area contributed by atoms with Crippen molar-refractivity contribution in [3.05, 3.63) is 59.9 Å². The first-order valence-electron chi connectivity index (χ1n) is 9.11. The number of rotatable bonds is 6. The predicted octanol–water partition coefficient (Wildman–Crippen LogP) is 3.23. The minimum absolute atomic E-state index is 0.0590. The maximum Gasteiger partial charge on any atom is 0.277 e. The van der Waals surface area contributed by atoms with E-state index in [0.29, 0.717) is 11.4 Å². The Morgan fingerprint density at radius 3 is 2.46 bits per heavy atom. The van der Waals surface area contributed by atoms with Gasteiger partial charge in [0.1, 0.15) is 5.82 Å². The predicted molar refractivity (Wildman–Crippen MR) is 107 cm³/mol. The summed E-state index contributed by atoms with van der Waals surface area (Å²) in [5, 5.41) is 2.66. The molecule has 1 aliphatic rings. The van der Waals surface area contributed by atoms with Crippen molar-refractivity contribution in [2.45, 2.75) is 37.7 Å². The average molecular weight is 401 g/mol. The van der Waals surface area contributed by atoms with E-state index in [1.807, 2.05) is 13.8 Å². The highest BCUT2D eigenvalue weighted by Gasteiger charge is 2.39. The minimum Gasteiger partial charge on any atom is -0.487 e. The number of carbonyl (C=O) groups is 1. The van der Waals surface area contributed by atoms with Crippen LogP contribution in [0.15, 0.2) is 59.3 Å². The van der Waals surface area contributed by atoms with Crippen LogP contribution in [0.3, 0.4) is 0 Å². The Kier molecular flexibility index (Phi) is 5.69. The number of sulfonamides is 1. The Bertz CT molecular complexity index is 999. The van der Waals surface area contributed by atoms with Gasteiger partial charge < -0.3 is 10.1 Å². The molecule has 2 heterocycles. The number of carbonyl (C=O) groups excluding carboxylic acids is 1. The fourth-order valence-corrected chi connectivity index (χ4v) is 4.41. The first-order chi connectivity index (χ1) is 13.4. The molecule has 1 aromatic carbocycles. The fourth-order valence-electron chi connectivity index (χ4n) is 3.02. The number of anilines is 1. The molecule has 8 heteroatoms. The minimum atomic E-state index is -3.88. The van der Waals surface area contributed by atoms with E-state index >= 15 is 0 Å². The molecule has 1 N–H and O–H groups in total. The summed E-state index contributed by atoms with van der Waals surface area (Å²) in [6.07, 6.45) is 2.86. The third-order valence-electron chi connectivity index (χ3n) is 4.62. The van der Waals surface area contributed by atoms with Gasteiger partial charge >= 0.3 is 0 Å². The lowest BCUT2D eigenvalue weighted by Gasteiger charge is -2.32. The van der Waals surface area contributed by atoms with E-state index in [9.17, 15) is 13.2 Å². The molecule has 0 radical (unpaired) electrons. The van der Waals surface area contributed by atoms with Crippen molar-refractivity contribution < 1.29 is 17.9 Å². The van der Waals surface area contributed by atoms with Crippen LogP contribution in [0, 0.1) is 0 Å². The lowest BCUT2D eigenvalue weighted by molar-refractivity contribution is -0.113. The fraction of sp³-hybridized carbons (Fsp3) is 0.300. The lowest BCUT2D eigenvalue weighted by Crippen LogP contribution is -2.38. The van der Waals surface area contributed by atoms with Crippen molar-refractivity contribution in [3.63, 3.8) is 0 Å². The highest BCUT2D eigenvalue weighted by atomic mass is 32.2. The summed E-state index contributed by atoms with van der Waals surface area (Å²) >= 11 is 0. The second-order valence-electron chi connectivity index (χ2n) is 6.37. The summed E-state index contributed by atoms with van der Waals surface area (Å²) in [4.78, 5) is 17.2. The molecule has 3 rings (SSSR count). The summed E-state index contributed by atoms with van der Waals surface area (Å²) in [5.74, 6) is -0.0122. The average Bonchev–Trinajstić information content (AvgIpc) is 2.70. The van der Waals surface area contributed by atoms with E-state index in [0.717, 1.165) is 17.1 Å². The number of fused-ring (bicyclic) bond motifs is 1. The van der Waals surface area contributed by atoms with Gasteiger partial charge in [-0.3, -0.25) is 9.10 Å². The largest absolute Gasteiger partial charge is 0.487 e. The normalized spacial score (nSPS) is 15.4. The number of benzene rings is 1. The van der Waals surface area contributed by atoms with E-state index in [4.69, 9.17) is 4.74 Å². The molecule has 0 saturated heterocycles. The van der Waals surface area contributed by atoms with Crippen LogP contribution >= 0.6 is 0 Å². The second-order valence-corrected chi connectivity index (χ2v) is 8.31. The molecule has 1 amide bonds. The molecule has 0 aliphatic carbocycles. The molecule has 1 aromatic heterocycles. The molecule has 0 spiro atoms. The van der Waals surface area contributed by atoms with Gasteiger partial charge in [0.25, 0.3) is 15.9 Å². The molecule has 0 atom stereocenters. The van der Waals surface area contributed by atoms with Crippen molar-refractivity contribution in [3.8, 4) is 0 Å². The Labute approximate surface area is 165 Å². The Morgan fingerprint density at radius 1 is 1.14 bits per heavy atom. The smallest absolute Gasteiger partial charge is 0.277 e. The number of ether oxygens (including phenoxy) is 1. The van der Waals surface area contributed by atoms with Crippen LogP contribution in [0.1, 0.15) is 32.3 Å². The topological polar surface area (TPSA) is 88.6 Å². The van der Waals surface area contributed by atoms with Gasteiger partial charge in [-0.15, -0.1) is 0 Å². The van der Waals surface area contributed by atoms with Crippen molar-refractivity contribution >= 4 is 27.5 Å². The maximum atomic E-state index is 13.0. The van der Waals surface area contributed by atoms with Gasteiger partial charge in [-0.25, -0.2) is 13.4 Å². The monoisotopic (exact) mass is 401 g/mol. The molecule has 0 fully saturated rings. The van der Waals surface area contributed by atoms with Crippen LogP contribution in [-0.2, 0) is 19.6 Å². The molecule has 0 bridgehead atoms. The maximum absolute atomic E-state index is 13.0. The molecule has 0 saturated carbocycles. The zero-order valence-electron chi connectivity index (χ0n) is 16.0. The summed E-state index contributed by atoms with van der Waals surface area (Å²) in [5.41, 5.74) is 0.329. The van der Waals surface area contributed by atoms with Crippen LogP contribution in [0.2, 0.25) is 0 Å². The lowest BCUT2D eigenvalue weighted by atomic mass is 10.1. The second kappa shape index (κ2) is 8.02. The molecule has 2 aromatic rings. The van der Waals surface area contributed by atoms with E-state index in [-0.39, 0.29) is 22.5 Å². The van der Waals surface area contributed by atoms with Crippen molar-refractivity contribution in [1.29, 1.82) is 0 Å². The number of nitrogens with one attached hydrogen (secondary N) is 1. The molecular formula is C20H23N3O4S. The van der Waals surface area contributed by atoms with Crippen molar-refractivity contribution in [2.75, 3.05) is 12.4 Å². The zero-order chi connectivity index (χ0) is 20.3. The molecule has 0 unspecified atom stereocenters. The first kappa shape index (κ1) is 19.9. The number of hydrogen-bond acceptors (Lipinski definition) is 5. The summed E-state index contributed by atoms with van der Waals surface area (Å²) < 4.78 is 33.1. The van der Waals surface area contributed by atoms with Gasteiger partial charge in [0.05, 0.1) is 11.0 Å². The van der Waals surface area contributed by atoms with Gasteiger partial charge in [-0.05, 0) is 37.1 Å². The summed E-state index contributed by atoms with van der Waals surface area (Å²) in [6.45, 7) is 3.97. The van der Waals surface area contributed by atoms with Crippen molar-refractivity contribution in [2.24, 2.45) is 0 Å². The molecule has 7 nitrogen and oxygen atoms in total. The SMILES string of the molecule is CCC(CC)OC1=C(C(=O)Nc2ccccn2)N(C)S(=O)(=O)c2ccccc21. The number of nitrogens with zero attached hydrogens (tertiary/aromatic N) is 2. The number of pyridine rings is 1. The van der Waals surface area contributed by atoms with Crippen LogP contribution in [-0.4, -0.2) is 36.8 Å². The highest BCUT2D eigenvalue weighted by molar-refractivity contribution is 7.89. The van der Waals surface area contributed by atoms with Crippen LogP contribution in [0.4, 0.5) is 5.82 Å². The Morgan fingerprint density at radius 2 is 1.82 bits per heavy atom. The molecule has 1 aliphatic heterocycles. The van der Waals surface area contributed by atoms with E-state index in [2.05, 4.69) is 10.3 Å². The Hall–Kier alpha value is -2.87. The standard InChI is InChI=1S/C20H23N3O4S/c1-4-14(5-2)27-19-15-10-6-7-11-16(15)28(25,26)23(3)18(19)20(24)22-17-12-8-9-13-21-17/h6-14H,4-5H2,1-3H3,(H,21,22,24). The number of hydrogen-bond donors (Lipinski definition) is 1. The van der Waals surface area contributed by atoms with Gasteiger partial charge in [0, 0.05) is 18.8 Å². The van der Waals surface area contributed by atoms with Gasteiger partial charge in [0.2, 0.25) is 0 Å². The van der Waals surface area contributed by atoms with E-state index in [1.165, 1.54) is 13.1 Å². The number of aromatic nitrogens is 1. The zero-order valence-corrected chi connectivity index (χ0v) is 16.9.